The quantitative estimate of drug-likeness (QED) is 0.221. The molecule has 1 aromatic heterocycles. The predicted molar refractivity (Wildman–Crippen MR) is 129 cm³/mol. The monoisotopic (exact) mass is 447 g/mol. The predicted octanol–water partition coefficient (Wildman–Crippen LogP) is 7.81. The van der Waals surface area contributed by atoms with E-state index in [4.69, 9.17) is 0 Å². The summed E-state index contributed by atoms with van der Waals surface area (Å²) < 4.78 is 2.63. The molecule has 0 unspecified atom stereocenters. The summed E-state index contributed by atoms with van der Waals surface area (Å²) in [6.07, 6.45) is 0. The first-order valence-electron chi connectivity index (χ1n) is 9.76. The second-order valence-electron chi connectivity index (χ2n) is 7.19. The van der Waals surface area contributed by atoms with Crippen molar-refractivity contribution in [2.45, 2.75) is 43.9 Å². The largest absolute Gasteiger partial charge is 0.295 e. The van der Waals surface area contributed by atoms with Crippen molar-refractivity contribution in [3.63, 3.8) is 0 Å². The lowest BCUT2D eigenvalue weighted by atomic mass is 10.2. The molecule has 0 aliphatic rings. The molecule has 0 aliphatic carbocycles. The zero-order chi connectivity index (χ0) is 21.1. The third-order valence-electron chi connectivity index (χ3n) is 4.75. The number of carbonyl (C=O) groups is 1. The Balaban J connectivity index is 1.64. The van der Waals surface area contributed by atoms with Crippen molar-refractivity contribution in [2.24, 2.45) is 0 Å². The molecule has 0 aliphatic heterocycles. The Bertz CT molecular complexity index is 1090. The first-order valence-corrected chi connectivity index (χ1v) is 12.6. The number of benzene rings is 3. The van der Waals surface area contributed by atoms with Crippen molar-refractivity contribution in [1.29, 1.82) is 0 Å². The van der Waals surface area contributed by atoms with Crippen LogP contribution < -0.4 is 0 Å². The molecule has 4 heteroatoms. The average Bonchev–Trinajstić information content (AvgIpc) is 3.19. The first kappa shape index (κ1) is 21.0. The molecule has 0 N–H and O–H groups in total. The molecule has 4 rings (SSSR count). The van der Waals surface area contributed by atoms with E-state index < -0.39 is 0 Å². The Morgan fingerprint density at radius 2 is 1.27 bits per heavy atom. The van der Waals surface area contributed by atoms with Crippen LogP contribution in [0.5, 0.6) is 0 Å². The minimum atomic E-state index is -0.118. The maximum atomic E-state index is 11.5. The van der Waals surface area contributed by atoms with E-state index in [2.05, 4.69) is 74.5 Å². The number of thiophene rings is 1. The fraction of sp³-hybridized carbons (Fsp3) is 0.115. The van der Waals surface area contributed by atoms with Gasteiger partial charge in [0.25, 0.3) is 0 Å². The van der Waals surface area contributed by atoms with Crippen molar-refractivity contribution in [3.8, 4) is 0 Å². The minimum Gasteiger partial charge on any atom is -0.295 e. The number of ketones is 1. The smallest absolute Gasteiger partial charge is 0.221 e. The summed E-state index contributed by atoms with van der Waals surface area (Å²) in [4.78, 5) is 15.3. The van der Waals surface area contributed by atoms with Gasteiger partial charge in [-0.05, 0) is 63.2 Å². The van der Waals surface area contributed by atoms with Gasteiger partial charge in [0, 0.05) is 16.5 Å². The minimum absolute atomic E-state index is 0.102. The number of aryl methyl sites for hydroxylation is 2. The van der Waals surface area contributed by atoms with Crippen LogP contribution in [0, 0.1) is 13.8 Å². The summed E-state index contributed by atoms with van der Waals surface area (Å²) in [6.45, 7) is 5.86. The molecule has 0 atom stereocenters. The van der Waals surface area contributed by atoms with Crippen LogP contribution in [-0.2, 0) is 10.9 Å². The average molecular weight is 448 g/mol. The van der Waals surface area contributed by atoms with Crippen molar-refractivity contribution >= 4 is 39.8 Å². The second kappa shape index (κ2) is 9.25. The Kier molecular flexibility index (Phi) is 6.47. The van der Waals surface area contributed by atoms with E-state index in [0.717, 1.165) is 10.5 Å². The Morgan fingerprint density at radius 1 is 0.733 bits per heavy atom. The number of hydrogen-bond donors (Lipinski definition) is 0. The standard InChI is InChI=1S/C26H23OS3/c1-18-4-12-23(13-5-18)30(24-14-6-19(2)7-15-24)26-17-16-25(29-26)28-22-10-8-21(9-11-22)20(3)27/h4-17H,1-3H3/q+1. The highest BCUT2D eigenvalue weighted by Gasteiger charge is 2.30. The SMILES string of the molecule is CC(=O)c1ccc(Sc2ccc([S+](c3ccc(C)cc3)c3ccc(C)cc3)s2)cc1. The Labute approximate surface area is 189 Å². The van der Waals surface area contributed by atoms with Crippen LogP contribution in [0.3, 0.4) is 0 Å². The van der Waals surface area contributed by atoms with Gasteiger partial charge in [0.15, 0.2) is 15.6 Å². The molecule has 150 valence electrons. The normalized spacial score (nSPS) is 11.1. The lowest BCUT2D eigenvalue weighted by Crippen LogP contribution is -2.02. The van der Waals surface area contributed by atoms with E-state index in [1.807, 2.05) is 35.6 Å². The number of rotatable bonds is 6. The third kappa shape index (κ3) is 4.89. The van der Waals surface area contributed by atoms with E-state index in [1.165, 1.54) is 29.3 Å². The van der Waals surface area contributed by atoms with Gasteiger partial charge in [-0.3, -0.25) is 4.79 Å². The van der Waals surface area contributed by atoms with Gasteiger partial charge in [-0.15, -0.1) is 0 Å². The van der Waals surface area contributed by atoms with Gasteiger partial charge in [0.1, 0.15) is 10.9 Å². The van der Waals surface area contributed by atoms with Gasteiger partial charge in [0.05, 0.1) is 4.21 Å². The van der Waals surface area contributed by atoms with E-state index in [-0.39, 0.29) is 16.7 Å². The molecule has 0 saturated carbocycles. The van der Waals surface area contributed by atoms with Gasteiger partial charge in [-0.1, -0.05) is 70.6 Å². The van der Waals surface area contributed by atoms with Gasteiger partial charge < -0.3 is 0 Å². The highest BCUT2D eigenvalue weighted by atomic mass is 32.2. The molecule has 30 heavy (non-hydrogen) atoms. The summed E-state index contributed by atoms with van der Waals surface area (Å²) in [6, 6.07) is 30.2. The number of carbonyl (C=O) groups excluding carboxylic acids is 1. The second-order valence-corrected chi connectivity index (χ2v) is 11.9. The summed E-state index contributed by atoms with van der Waals surface area (Å²) in [5, 5.41) is 0. The third-order valence-corrected chi connectivity index (χ3v) is 9.55. The highest BCUT2D eigenvalue weighted by molar-refractivity contribution is 8.02. The highest BCUT2D eigenvalue weighted by Crippen LogP contribution is 2.40. The molecule has 1 nitrogen and oxygen atoms in total. The zero-order valence-electron chi connectivity index (χ0n) is 17.2. The molecule has 0 spiro atoms. The Morgan fingerprint density at radius 3 is 1.77 bits per heavy atom. The molecule has 4 aromatic rings. The molecule has 0 amide bonds. The fourth-order valence-electron chi connectivity index (χ4n) is 3.06. The van der Waals surface area contributed by atoms with Crippen LogP contribution in [0.4, 0.5) is 0 Å². The summed E-state index contributed by atoms with van der Waals surface area (Å²) in [5.41, 5.74) is 3.32. The van der Waals surface area contributed by atoms with Crippen molar-refractivity contribution in [2.75, 3.05) is 0 Å². The molecule has 0 radical (unpaired) electrons. The zero-order valence-corrected chi connectivity index (χ0v) is 19.7. The molecular formula is C26H23OS3+. The van der Waals surface area contributed by atoms with Gasteiger partial charge in [-0.25, -0.2) is 0 Å². The van der Waals surface area contributed by atoms with E-state index in [0.29, 0.717) is 0 Å². The molecule has 0 fully saturated rings. The van der Waals surface area contributed by atoms with E-state index >= 15 is 0 Å². The van der Waals surface area contributed by atoms with Crippen LogP contribution in [0.1, 0.15) is 28.4 Å². The van der Waals surface area contributed by atoms with Crippen molar-refractivity contribution < 1.29 is 4.79 Å². The van der Waals surface area contributed by atoms with Crippen LogP contribution in [0.2, 0.25) is 0 Å². The maximum Gasteiger partial charge on any atom is 0.221 e. The van der Waals surface area contributed by atoms with Crippen molar-refractivity contribution in [3.05, 3.63) is 102 Å². The molecule has 1 heterocycles. The van der Waals surface area contributed by atoms with Gasteiger partial charge in [0.2, 0.25) is 4.21 Å². The lowest BCUT2D eigenvalue weighted by Gasteiger charge is -2.06. The van der Waals surface area contributed by atoms with Gasteiger partial charge in [-0.2, -0.15) is 0 Å². The van der Waals surface area contributed by atoms with Crippen LogP contribution >= 0.6 is 23.1 Å². The molecular weight excluding hydrogens is 424 g/mol. The topological polar surface area (TPSA) is 17.1 Å². The van der Waals surface area contributed by atoms with E-state index in [9.17, 15) is 4.79 Å². The molecule has 0 bridgehead atoms. The fourth-order valence-corrected chi connectivity index (χ4v) is 7.99. The van der Waals surface area contributed by atoms with Crippen LogP contribution in [0.25, 0.3) is 0 Å². The number of Topliss-reactive ketones (excluding diaryl/α,β-unsaturated/α-hetero) is 1. The first-order chi connectivity index (χ1) is 14.5. The van der Waals surface area contributed by atoms with E-state index in [1.54, 1.807) is 18.7 Å². The van der Waals surface area contributed by atoms with Crippen LogP contribution in [0.15, 0.2) is 108 Å². The van der Waals surface area contributed by atoms with Gasteiger partial charge >= 0.3 is 0 Å². The van der Waals surface area contributed by atoms with Crippen LogP contribution in [-0.4, -0.2) is 5.78 Å². The maximum absolute atomic E-state index is 11.5. The molecule has 0 saturated heterocycles. The summed E-state index contributed by atoms with van der Waals surface area (Å²) >= 11 is 3.61. The molecule has 3 aromatic carbocycles. The number of hydrogen-bond acceptors (Lipinski definition) is 3. The lowest BCUT2D eigenvalue weighted by molar-refractivity contribution is 0.101. The summed E-state index contributed by atoms with van der Waals surface area (Å²) in [7, 11) is -0.118. The van der Waals surface area contributed by atoms with Crippen molar-refractivity contribution in [1.82, 2.24) is 0 Å². The summed E-state index contributed by atoms with van der Waals surface area (Å²) in [5.74, 6) is 0.102. The Hall–Kier alpha value is -2.27.